The van der Waals surface area contributed by atoms with Crippen molar-refractivity contribution in [2.45, 2.75) is 13.5 Å². The first-order valence-corrected chi connectivity index (χ1v) is 7.54. The maximum Gasteiger partial charge on any atom is 0.419 e. The summed E-state index contributed by atoms with van der Waals surface area (Å²) >= 11 is 1.38. The minimum absolute atomic E-state index is 0.439. The Morgan fingerprint density at radius 3 is 3.05 bits per heavy atom. The van der Waals surface area contributed by atoms with Gasteiger partial charge in [0.25, 0.3) is 0 Å². The number of ether oxygens (including phenoxy) is 1. The molecule has 1 amide bonds. The predicted octanol–water partition coefficient (Wildman–Crippen LogP) is 3.31. The quantitative estimate of drug-likeness (QED) is 0.802. The lowest BCUT2D eigenvalue weighted by atomic mass is 10.3. The zero-order chi connectivity index (χ0) is 15.4. The molecule has 3 aromatic rings. The molecule has 0 aromatic carbocycles. The lowest BCUT2D eigenvalue weighted by Crippen LogP contribution is -2.16. The summed E-state index contributed by atoms with van der Waals surface area (Å²) in [5.74, 6) is 0.439. The number of carbonyl (C=O) groups excluding carboxylic acids is 1. The van der Waals surface area contributed by atoms with Crippen LogP contribution in [0.4, 0.5) is 10.6 Å². The number of nitrogens with zero attached hydrogens (tertiary/aromatic N) is 3. The van der Waals surface area contributed by atoms with Gasteiger partial charge in [-0.2, -0.15) is 5.10 Å². The van der Waals surface area contributed by atoms with Crippen molar-refractivity contribution in [3.05, 3.63) is 59.4 Å². The molecule has 7 heteroatoms. The van der Waals surface area contributed by atoms with E-state index in [2.05, 4.69) is 15.4 Å². The summed E-state index contributed by atoms with van der Waals surface area (Å²) in [5, 5.41) is 9.34. The monoisotopic (exact) mass is 314 g/mol. The molecule has 1 N–H and O–H groups in total. The average molecular weight is 314 g/mol. The number of hydrogen-bond donors (Lipinski definition) is 1. The van der Waals surface area contributed by atoms with E-state index in [1.807, 2.05) is 36.6 Å². The number of aromatic nitrogens is 3. The number of hydrogen-bond acceptors (Lipinski definition) is 5. The molecule has 22 heavy (non-hydrogen) atoms. The molecule has 112 valence electrons. The maximum absolute atomic E-state index is 11.8. The van der Waals surface area contributed by atoms with Crippen LogP contribution >= 0.6 is 11.3 Å². The fourth-order valence-electron chi connectivity index (χ4n) is 1.85. The van der Waals surface area contributed by atoms with Gasteiger partial charge in [-0.15, -0.1) is 11.3 Å². The van der Waals surface area contributed by atoms with E-state index in [0.29, 0.717) is 17.4 Å². The summed E-state index contributed by atoms with van der Waals surface area (Å²) < 4.78 is 6.88. The Labute approximate surface area is 131 Å². The van der Waals surface area contributed by atoms with Crippen LogP contribution in [0, 0.1) is 6.92 Å². The van der Waals surface area contributed by atoms with Crippen LogP contribution in [-0.2, 0) is 6.54 Å². The van der Waals surface area contributed by atoms with Crippen molar-refractivity contribution < 1.29 is 9.53 Å². The smallest absolute Gasteiger partial charge is 0.399 e. The van der Waals surface area contributed by atoms with E-state index in [-0.39, 0.29) is 0 Å². The van der Waals surface area contributed by atoms with Crippen LogP contribution < -0.4 is 10.1 Å². The minimum Gasteiger partial charge on any atom is -0.399 e. The molecule has 0 unspecified atom stereocenters. The van der Waals surface area contributed by atoms with Crippen LogP contribution in [0.2, 0.25) is 0 Å². The van der Waals surface area contributed by atoms with Gasteiger partial charge in [0.2, 0.25) is 0 Å². The standard InChI is InChI=1S/C15H14N4O2S/c1-11-8-14(22-10-11)21-15(20)17-13-5-7-19(18-13)9-12-4-2-3-6-16-12/h2-8,10H,9H2,1H3,(H,17,18,20). The molecule has 0 spiro atoms. The normalized spacial score (nSPS) is 10.4. The van der Waals surface area contributed by atoms with Gasteiger partial charge in [-0.3, -0.25) is 15.0 Å². The topological polar surface area (TPSA) is 69.0 Å². The maximum atomic E-state index is 11.8. The van der Waals surface area contributed by atoms with Crippen LogP contribution in [0.25, 0.3) is 0 Å². The molecule has 0 saturated carbocycles. The second-order valence-corrected chi connectivity index (χ2v) is 5.55. The minimum atomic E-state index is -0.551. The zero-order valence-electron chi connectivity index (χ0n) is 11.9. The van der Waals surface area contributed by atoms with Crippen molar-refractivity contribution in [3.63, 3.8) is 0 Å². The van der Waals surface area contributed by atoms with Gasteiger partial charge in [-0.25, -0.2) is 4.79 Å². The number of amides is 1. The summed E-state index contributed by atoms with van der Waals surface area (Å²) in [5.41, 5.74) is 1.96. The Hall–Kier alpha value is -2.67. The van der Waals surface area contributed by atoms with Gasteiger partial charge in [-0.05, 0) is 36.1 Å². The number of aryl methyl sites for hydroxylation is 1. The Kier molecular flexibility index (Phi) is 4.15. The van der Waals surface area contributed by atoms with Gasteiger partial charge in [0.15, 0.2) is 10.9 Å². The van der Waals surface area contributed by atoms with Crippen LogP contribution in [0.15, 0.2) is 48.1 Å². The number of thiophene rings is 1. The molecular formula is C15H14N4O2S. The van der Waals surface area contributed by atoms with E-state index < -0.39 is 6.09 Å². The summed E-state index contributed by atoms with van der Waals surface area (Å²) in [6, 6.07) is 9.23. The fraction of sp³-hybridized carbons (Fsp3) is 0.133. The highest BCUT2D eigenvalue weighted by molar-refractivity contribution is 7.12. The van der Waals surface area contributed by atoms with Crippen molar-refractivity contribution >= 4 is 23.2 Å². The number of nitrogens with one attached hydrogen (secondary N) is 1. The molecule has 6 nitrogen and oxygen atoms in total. The highest BCUT2D eigenvalue weighted by Crippen LogP contribution is 2.22. The molecule has 0 radical (unpaired) electrons. The van der Waals surface area contributed by atoms with E-state index in [0.717, 1.165) is 11.3 Å². The van der Waals surface area contributed by atoms with Crippen LogP contribution in [0.1, 0.15) is 11.3 Å². The van der Waals surface area contributed by atoms with Gasteiger partial charge in [-0.1, -0.05) is 6.07 Å². The molecule has 0 aliphatic rings. The Balaban J connectivity index is 1.58. The fourth-order valence-corrected chi connectivity index (χ4v) is 2.60. The number of rotatable bonds is 4. The van der Waals surface area contributed by atoms with Crippen LogP contribution in [0.5, 0.6) is 5.06 Å². The van der Waals surface area contributed by atoms with E-state index in [9.17, 15) is 4.79 Å². The molecule has 3 heterocycles. The number of pyridine rings is 1. The Bertz CT molecular complexity index is 767. The van der Waals surface area contributed by atoms with Gasteiger partial charge in [0.05, 0.1) is 12.2 Å². The van der Waals surface area contributed by atoms with E-state index >= 15 is 0 Å². The summed E-state index contributed by atoms with van der Waals surface area (Å²) in [4.78, 5) is 16.0. The number of carbonyl (C=O) groups is 1. The third kappa shape index (κ3) is 3.70. The van der Waals surface area contributed by atoms with E-state index in [4.69, 9.17) is 4.74 Å². The first kappa shape index (κ1) is 14.3. The highest BCUT2D eigenvalue weighted by atomic mass is 32.1. The van der Waals surface area contributed by atoms with Crippen LogP contribution in [-0.4, -0.2) is 20.9 Å². The first-order chi connectivity index (χ1) is 10.7. The highest BCUT2D eigenvalue weighted by Gasteiger charge is 2.09. The van der Waals surface area contributed by atoms with Gasteiger partial charge < -0.3 is 4.74 Å². The molecule has 0 atom stereocenters. The van der Waals surface area contributed by atoms with Crippen molar-refractivity contribution in [2.24, 2.45) is 0 Å². The lowest BCUT2D eigenvalue weighted by molar-refractivity contribution is 0.216. The molecule has 3 rings (SSSR count). The average Bonchev–Trinajstić information content (AvgIpc) is 3.09. The van der Waals surface area contributed by atoms with E-state index in [1.165, 1.54) is 11.3 Å². The molecule has 0 aliphatic heterocycles. The van der Waals surface area contributed by atoms with Crippen molar-refractivity contribution in [3.8, 4) is 5.06 Å². The van der Waals surface area contributed by atoms with Crippen molar-refractivity contribution in [2.75, 3.05) is 5.32 Å². The second-order valence-electron chi connectivity index (χ2n) is 4.68. The van der Waals surface area contributed by atoms with Gasteiger partial charge in [0, 0.05) is 18.5 Å². The van der Waals surface area contributed by atoms with Gasteiger partial charge >= 0.3 is 6.09 Å². The molecule has 0 aliphatic carbocycles. The van der Waals surface area contributed by atoms with Gasteiger partial charge in [0.1, 0.15) is 0 Å². The van der Waals surface area contributed by atoms with Crippen molar-refractivity contribution in [1.82, 2.24) is 14.8 Å². The first-order valence-electron chi connectivity index (χ1n) is 6.66. The molecule has 0 fully saturated rings. The second kappa shape index (κ2) is 6.40. The summed E-state index contributed by atoms with van der Waals surface area (Å²) in [6.07, 6.45) is 2.96. The molecule has 0 bridgehead atoms. The third-order valence-corrected chi connectivity index (χ3v) is 3.74. The van der Waals surface area contributed by atoms with Crippen LogP contribution in [0.3, 0.4) is 0 Å². The largest absolute Gasteiger partial charge is 0.419 e. The Morgan fingerprint density at radius 2 is 2.32 bits per heavy atom. The SMILES string of the molecule is Cc1csc(OC(=O)Nc2ccn(Cc3ccccn3)n2)c1. The molecular weight excluding hydrogens is 300 g/mol. The zero-order valence-corrected chi connectivity index (χ0v) is 12.7. The van der Waals surface area contributed by atoms with Crippen molar-refractivity contribution in [1.29, 1.82) is 0 Å². The number of anilines is 1. The summed E-state index contributed by atoms with van der Waals surface area (Å²) in [6.45, 7) is 2.49. The Morgan fingerprint density at radius 1 is 1.41 bits per heavy atom. The third-order valence-electron chi connectivity index (χ3n) is 2.82. The summed E-state index contributed by atoms with van der Waals surface area (Å²) in [7, 11) is 0. The lowest BCUT2D eigenvalue weighted by Gasteiger charge is -2.02. The predicted molar refractivity (Wildman–Crippen MR) is 84.3 cm³/mol. The molecule has 3 aromatic heterocycles. The van der Waals surface area contributed by atoms with E-state index in [1.54, 1.807) is 23.1 Å². The molecule has 0 saturated heterocycles.